The van der Waals surface area contributed by atoms with Gasteiger partial charge < -0.3 is 4.57 Å². The van der Waals surface area contributed by atoms with Crippen molar-refractivity contribution in [3.8, 4) is 39.1 Å². The standard InChI is InChI=1S/C49H37N/c1-30-31(2)50(48-40(30)24-25-42-41(14-9-15-45(42)48)38-19-17-33-11-6-8-13-35(33)27-38)39-21-23-44-43-22-20-37(28-46(43)49(3,4)47(44)29-39)36-18-16-32-10-5-7-12-34(32)26-36/h5-29H,1-4H3. The Morgan fingerprint density at radius 1 is 0.420 bits per heavy atom. The lowest BCUT2D eigenvalue weighted by Crippen LogP contribution is -2.15. The maximum Gasteiger partial charge on any atom is 0.0612 e. The van der Waals surface area contributed by atoms with Crippen molar-refractivity contribution in [3.63, 3.8) is 0 Å². The number of rotatable bonds is 3. The van der Waals surface area contributed by atoms with E-state index in [-0.39, 0.29) is 5.41 Å². The molecule has 1 nitrogen and oxygen atoms in total. The number of fused-ring (bicyclic) bond motifs is 8. The van der Waals surface area contributed by atoms with Gasteiger partial charge >= 0.3 is 0 Å². The highest BCUT2D eigenvalue weighted by atomic mass is 15.0. The summed E-state index contributed by atoms with van der Waals surface area (Å²) in [6.45, 7) is 9.33. The zero-order chi connectivity index (χ0) is 33.7. The van der Waals surface area contributed by atoms with Crippen molar-refractivity contribution in [2.75, 3.05) is 0 Å². The number of benzene rings is 8. The fraction of sp³-hybridized carbons (Fsp3) is 0.102. The van der Waals surface area contributed by atoms with Crippen LogP contribution in [0.25, 0.3) is 82.3 Å². The molecule has 0 spiro atoms. The van der Waals surface area contributed by atoms with Crippen LogP contribution in [0.3, 0.4) is 0 Å². The molecule has 50 heavy (non-hydrogen) atoms. The van der Waals surface area contributed by atoms with E-state index in [4.69, 9.17) is 0 Å². The van der Waals surface area contributed by atoms with Gasteiger partial charge in [-0.15, -0.1) is 0 Å². The first-order chi connectivity index (χ1) is 24.4. The Bertz CT molecular complexity index is 2860. The number of nitrogens with zero attached hydrogens (tertiary/aromatic N) is 1. The summed E-state index contributed by atoms with van der Waals surface area (Å²) in [4.78, 5) is 0. The molecule has 0 N–H and O–H groups in total. The van der Waals surface area contributed by atoms with Gasteiger partial charge in [0.2, 0.25) is 0 Å². The van der Waals surface area contributed by atoms with Gasteiger partial charge in [0.15, 0.2) is 0 Å². The summed E-state index contributed by atoms with van der Waals surface area (Å²) in [5, 5.41) is 8.97. The molecule has 1 heterocycles. The largest absolute Gasteiger partial charge is 0.313 e. The minimum Gasteiger partial charge on any atom is -0.313 e. The van der Waals surface area contributed by atoms with Crippen LogP contribution in [0.4, 0.5) is 0 Å². The zero-order valence-corrected chi connectivity index (χ0v) is 28.9. The van der Waals surface area contributed by atoms with Crippen LogP contribution in [0, 0.1) is 13.8 Å². The van der Waals surface area contributed by atoms with Gasteiger partial charge in [-0.2, -0.15) is 0 Å². The maximum atomic E-state index is 2.51. The fourth-order valence-electron chi connectivity index (χ4n) is 8.76. The smallest absolute Gasteiger partial charge is 0.0612 e. The molecule has 0 amide bonds. The van der Waals surface area contributed by atoms with E-state index in [1.54, 1.807) is 0 Å². The molecule has 0 fully saturated rings. The predicted molar refractivity (Wildman–Crippen MR) is 214 cm³/mol. The van der Waals surface area contributed by atoms with E-state index in [2.05, 4.69) is 184 Å². The first kappa shape index (κ1) is 29.0. The van der Waals surface area contributed by atoms with Crippen LogP contribution in [-0.2, 0) is 5.41 Å². The Hall–Kier alpha value is -5.92. The average molecular weight is 640 g/mol. The van der Waals surface area contributed by atoms with E-state index < -0.39 is 0 Å². The van der Waals surface area contributed by atoms with E-state index in [9.17, 15) is 0 Å². The molecular formula is C49H37N. The molecule has 0 unspecified atom stereocenters. The van der Waals surface area contributed by atoms with Gasteiger partial charge in [-0.05, 0) is 121 Å². The second-order valence-corrected chi connectivity index (χ2v) is 14.6. The molecule has 0 bridgehead atoms. The molecule has 1 aromatic heterocycles. The van der Waals surface area contributed by atoms with Gasteiger partial charge in [-0.3, -0.25) is 0 Å². The Labute approximate surface area is 293 Å². The van der Waals surface area contributed by atoms with Gasteiger partial charge in [0.05, 0.1) is 5.52 Å². The summed E-state index contributed by atoms with van der Waals surface area (Å²) in [5.74, 6) is 0. The van der Waals surface area contributed by atoms with Crippen molar-refractivity contribution < 1.29 is 0 Å². The predicted octanol–water partition coefficient (Wildman–Crippen LogP) is 13.3. The summed E-state index contributed by atoms with van der Waals surface area (Å²) in [6, 6.07) is 56.6. The number of aromatic nitrogens is 1. The van der Waals surface area contributed by atoms with Crippen molar-refractivity contribution >= 4 is 43.2 Å². The van der Waals surface area contributed by atoms with Crippen LogP contribution in [0.5, 0.6) is 0 Å². The van der Waals surface area contributed by atoms with Gasteiger partial charge in [0.1, 0.15) is 0 Å². The summed E-state index contributed by atoms with van der Waals surface area (Å²) in [7, 11) is 0. The molecule has 9 aromatic rings. The minimum absolute atomic E-state index is 0.134. The molecule has 0 saturated carbocycles. The average Bonchev–Trinajstić information content (AvgIpc) is 3.55. The summed E-state index contributed by atoms with van der Waals surface area (Å²) >= 11 is 0. The van der Waals surface area contributed by atoms with Crippen molar-refractivity contribution in [1.82, 2.24) is 4.57 Å². The minimum atomic E-state index is -0.134. The van der Waals surface area contributed by atoms with Crippen LogP contribution < -0.4 is 0 Å². The highest BCUT2D eigenvalue weighted by Gasteiger charge is 2.36. The summed E-state index contributed by atoms with van der Waals surface area (Å²) in [5.41, 5.74) is 15.5. The summed E-state index contributed by atoms with van der Waals surface area (Å²) in [6.07, 6.45) is 0. The van der Waals surface area contributed by atoms with Crippen LogP contribution in [0.2, 0.25) is 0 Å². The second-order valence-electron chi connectivity index (χ2n) is 14.6. The van der Waals surface area contributed by atoms with Crippen molar-refractivity contribution in [2.24, 2.45) is 0 Å². The van der Waals surface area contributed by atoms with E-state index in [1.807, 2.05) is 0 Å². The number of aryl methyl sites for hydroxylation is 1. The SMILES string of the molecule is Cc1c(C)n(-c2ccc3c(c2)C(C)(C)c2cc(-c4ccc5ccccc5c4)ccc2-3)c2c1ccc1c(-c3ccc4ccccc4c3)cccc12. The maximum absolute atomic E-state index is 2.51. The molecule has 238 valence electrons. The molecule has 1 aliphatic carbocycles. The first-order valence-electron chi connectivity index (χ1n) is 17.7. The fourth-order valence-corrected chi connectivity index (χ4v) is 8.76. The van der Waals surface area contributed by atoms with Gasteiger partial charge in [0.25, 0.3) is 0 Å². The van der Waals surface area contributed by atoms with Crippen molar-refractivity contribution in [1.29, 1.82) is 0 Å². The molecule has 0 radical (unpaired) electrons. The summed E-state index contributed by atoms with van der Waals surface area (Å²) < 4.78 is 2.51. The molecule has 0 atom stereocenters. The molecule has 1 heteroatoms. The molecule has 0 saturated heterocycles. The highest BCUT2D eigenvalue weighted by molar-refractivity contribution is 6.13. The van der Waals surface area contributed by atoms with Crippen LogP contribution >= 0.6 is 0 Å². The second kappa shape index (κ2) is 10.5. The Morgan fingerprint density at radius 2 is 1.00 bits per heavy atom. The Kier molecular flexibility index (Phi) is 6.12. The Morgan fingerprint density at radius 3 is 1.74 bits per heavy atom. The third-order valence-corrected chi connectivity index (χ3v) is 11.6. The van der Waals surface area contributed by atoms with E-state index in [0.29, 0.717) is 0 Å². The molecule has 0 aliphatic heterocycles. The van der Waals surface area contributed by atoms with Crippen LogP contribution in [0.1, 0.15) is 36.2 Å². The van der Waals surface area contributed by atoms with E-state index in [1.165, 1.54) is 105 Å². The van der Waals surface area contributed by atoms with Crippen LogP contribution in [0.15, 0.2) is 152 Å². The molecule has 10 rings (SSSR count). The monoisotopic (exact) mass is 639 g/mol. The quantitative estimate of drug-likeness (QED) is 0.181. The van der Waals surface area contributed by atoms with E-state index >= 15 is 0 Å². The zero-order valence-electron chi connectivity index (χ0n) is 28.9. The van der Waals surface area contributed by atoms with Gasteiger partial charge in [-0.25, -0.2) is 0 Å². The normalized spacial score (nSPS) is 13.4. The van der Waals surface area contributed by atoms with Crippen LogP contribution in [-0.4, -0.2) is 4.57 Å². The van der Waals surface area contributed by atoms with Crippen molar-refractivity contribution in [2.45, 2.75) is 33.1 Å². The third-order valence-electron chi connectivity index (χ3n) is 11.6. The number of hydrogen-bond acceptors (Lipinski definition) is 0. The highest BCUT2D eigenvalue weighted by Crippen LogP contribution is 2.51. The molecule has 8 aromatic carbocycles. The lowest BCUT2D eigenvalue weighted by molar-refractivity contribution is 0.660. The Balaban J connectivity index is 1.12. The van der Waals surface area contributed by atoms with E-state index in [0.717, 1.165) is 0 Å². The van der Waals surface area contributed by atoms with Crippen molar-refractivity contribution in [3.05, 3.63) is 174 Å². The third kappa shape index (κ3) is 4.13. The lowest BCUT2D eigenvalue weighted by atomic mass is 9.81. The lowest BCUT2D eigenvalue weighted by Gasteiger charge is -2.23. The first-order valence-corrected chi connectivity index (χ1v) is 17.7. The molecule has 1 aliphatic rings. The van der Waals surface area contributed by atoms with Gasteiger partial charge in [0, 0.05) is 27.6 Å². The molecular weight excluding hydrogens is 603 g/mol. The number of hydrogen-bond donors (Lipinski definition) is 0. The topological polar surface area (TPSA) is 4.93 Å². The van der Waals surface area contributed by atoms with Gasteiger partial charge in [-0.1, -0.05) is 135 Å².